The summed E-state index contributed by atoms with van der Waals surface area (Å²) in [6.45, 7) is 23.8. The van der Waals surface area contributed by atoms with Crippen LogP contribution in [0.15, 0.2) is 11.6 Å². The molecule has 0 saturated carbocycles. The van der Waals surface area contributed by atoms with Crippen molar-refractivity contribution < 1.29 is 19.2 Å². The highest BCUT2D eigenvalue weighted by Gasteiger charge is 2.37. The Balaban J connectivity index is 0.00000106. The number of likely N-dealkylation sites (N-methyl/N-ethyl adjacent to an activating group) is 2. The minimum Gasteiger partial charge on any atom is -0.350 e. The number of rotatable bonds is 10. The summed E-state index contributed by atoms with van der Waals surface area (Å²) >= 11 is 0. The quantitative estimate of drug-likeness (QED) is 0.296. The first kappa shape index (κ1) is 39.6. The maximum Gasteiger partial charge on any atom is 0.249 e. The van der Waals surface area contributed by atoms with Gasteiger partial charge in [-0.15, -0.1) is 0 Å². The second-order valence-electron chi connectivity index (χ2n) is 13.2. The van der Waals surface area contributed by atoms with Gasteiger partial charge in [-0.05, 0) is 85.2 Å². The number of likely N-dealkylation sites (tertiary alicyclic amines) is 2. The van der Waals surface area contributed by atoms with E-state index in [2.05, 4.69) is 44.8 Å². The summed E-state index contributed by atoms with van der Waals surface area (Å²) in [7, 11) is 3.42. The van der Waals surface area contributed by atoms with Crippen LogP contribution in [0.3, 0.4) is 0 Å². The zero-order chi connectivity index (χ0) is 32.6. The van der Waals surface area contributed by atoms with Crippen LogP contribution in [-0.2, 0) is 19.2 Å². The van der Waals surface area contributed by atoms with Crippen molar-refractivity contribution in [3.63, 3.8) is 0 Å². The summed E-state index contributed by atoms with van der Waals surface area (Å²) in [5.41, 5.74) is 0.513. The molecule has 2 aliphatic heterocycles. The second-order valence-corrected chi connectivity index (χ2v) is 13.2. The minimum absolute atomic E-state index is 0.0358. The summed E-state index contributed by atoms with van der Waals surface area (Å²) in [5.74, 6) is 0.466. The van der Waals surface area contributed by atoms with Crippen molar-refractivity contribution in [3.8, 4) is 0 Å². The molecule has 0 aliphatic carbocycles. The van der Waals surface area contributed by atoms with E-state index in [0.717, 1.165) is 18.4 Å². The first-order valence-corrected chi connectivity index (χ1v) is 16.0. The van der Waals surface area contributed by atoms with Crippen LogP contribution in [0.5, 0.6) is 0 Å². The van der Waals surface area contributed by atoms with Gasteiger partial charge >= 0.3 is 0 Å². The van der Waals surface area contributed by atoms with E-state index in [1.807, 2.05) is 27.7 Å². The molecule has 0 bridgehead atoms. The fourth-order valence-corrected chi connectivity index (χ4v) is 4.92. The van der Waals surface area contributed by atoms with E-state index in [1.54, 1.807) is 36.9 Å². The number of carbonyl (C=O) groups is 4. The van der Waals surface area contributed by atoms with Crippen LogP contribution >= 0.6 is 0 Å². The van der Waals surface area contributed by atoms with Crippen LogP contribution in [0.1, 0.15) is 101 Å². The molecular weight excluding hydrogens is 530 g/mol. The summed E-state index contributed by atoms with van der Waals surface area (Å²) in [4.78, 5) is 56.0. The largest absolute Gasteiger partial charge is 0.350 e. The summed E-state index contributed by atoms with van der Waals surface area (Å²) in [6, 6.07) is 0.105. The highest BCUT2D eigenvalue weighted by molar-refractivity contribution is 5.97. The number of nitrogens with zero attached hydrogens (tertiary/aromatic N) is 4. The van der Waals surface area contributed by atoms with Crippen molar-refractivity contribution in [2.24, 2.45) is 11.8 Å². The van der Waals surface area contributed by atoms with Crippen LogP contribution < -0.4 is 5.32 Å². The van der Waals surface area contributed by atoms with Crippen molar-refractivity contribution in [3.05, 3.63) is 11.6 Å². The van der Waals surface area contributed by atoms with Crippen molar-refractivity contribution in [1.82, 2.24) is 24.9 Å². The van der Waals surface area contributed by atoms with Gasteiger partial charge in [0.1, 0.15) is 6.04 Å². The van der Waals surface area contributed by atoms with Crippen LogP contribution in [0.4, 0.5) is 0 Å². The van der Waals surface area contributed by atoms with Gasteiger partial charge in [-0.25, -0.2) is 0 Å². The van der Waals surface area contributed by atoms with E-state index in [0.29, 0.717) is 24.9 Å². The number of hydrogen-bond donors (Lipinski definition) is 1. The molecule has 42 heavy (non-hydrogen) atoms. The van der Waals surface area contributed by atoms with Gasteiger partial charge in [-0.3, -0.25) is 19.2 Å². The molecule has 1 N–H and O–H groups in total. The Morgan fingerprint density at radius 2 is 1.40 bits per heavy atom. The lowest BCUT2D eigenvalue weighted by atomic mass is 9.99. The summed E-state index contributed by atoms with van der Waals surface area (Å²) in [5, 5.41) is 2.37. The normalized spacial score (nSPS) is 18.2. The van der Waals surface area contributed by atoms with Gasteiger partial charge in [0.25, 0.3) is 0 Å². The molecule has 2 atom stereocenters. The monoisotopic (exact) mass is 593 g/mol. The topological polar surface area (TPSA) is 93.3 Å². The molecule has 2 saturated heterocycles. The highest BCUT2D eigenvalue weighted by atomic mass is 16.2. The molecule has 2 fully saturated rings. The van der Waals surface area contributed by atoms with E-state index in [-0.39, 0.29) is 42.3 Å². The smallest absolute Gasteiger partial charge is 0.249 e. The number of amides is 4. The van der Waals surface area contributed by atoms with Gasteiger partial charge in [0.05, 0.1) is 12.6 Å². The Bertz CT molecular complexity index is 847. The lowest BCUT2D eigenvalue weighted by Gasteiger charge is -2.32. The SMILES string of the molecule is C/C(=C\[C@H](C(C)C)N(C)C(=O)CNC=O)C(=O)N1CCC[C@H]1C(=O)N(C)C(C)C.CC(C)C.CC(C)N1CCCCC1. The first-order chi connectivity index (χ1) is 19.6. The lowest BCUT2D eigenvalue weighted by molar-refractivity contribution is -0.142. The van der Waals surface area contributed by atoms with Gasteiger partial charge in [0.2, 0.25) is 24.1 Å². The van der Waals surface area contributed by atoms with Crippen LogP contribution in [0, 0.1) is 11.8 Å². The molecule has 0 spiro atoms. The number of carbonyl (C=O) groups excluding carboxylic acids is 4. The predicted molar refractivity (Wildman–Crippen MR) is 173 cm³/mol. The van der Waals surface area contributed by atoms with Crippen molar-refractivity contribution >= 4 is 24.1 Å². The average Bonchev–Trinajstić information content (AvgIpc) is 3.43. The maximum absolute atomic E-state index is 13.1. The van der Waals surface area contributed by atoms with E-state index < -0.39 is 6.04 Å². The molecule has 0 aromatic carbocycles. The molecule has 9 nitrogen and oxygen atoms in total. The fraction of sp³-hybridized carbons (Fsp3) is 0.818. The molecule has 2 heterocycles. The third kappa shape index (κ3) is 14.2. The average molecular weight is 594 g/mol. The second kappa shape index (κ2) is 20.5. The Morgan fingerprint density at radius 1 is 0.857 bits per heavy atom. The number of piperidine rings is 1. The minimum atomic E-state index is -0.438. The Hall–Kier alpha value is -2.42. The predicted octanol–water partition coefficient (Wildman–Crippen LogP) is 4.56. The van der Waals surface area contributed by atoms with E-state index in [1.165, 1.54) is 37.3 Å². The summed E-state index contributed by atoms with van der Waals surface area (Å²) < 4.78 is 0. The molecule has 2 aliphatic rings. The Morgan fingerprint density at radius 3 is 1.83 bits per heavy atom. The molecule has 244 valence electrons. The van der Waals surface area contributed by atoms with Crippen molar-refractivity contribution in [1.29, 1.82) is 0 Å². The Kier molecular flexibility index (Phi) is 19.3. The third-order valence-electron chi connectivity index (χ3n) is 7.66. The molecule has 2 rings (SSSR count). The summed E-state index contributed by atoms with van der Waals surface area (Å²) in [6.07, 6.45) is 8.01. The molecule has 0 aromatic heterocycles. The Labute approximate surface area is 257 Å². The highest BCUT2D eigenvalue weighted by Crippen LogP contribution is 2.23. The van der Waals surface area contributed by atoms with Crippen molar-refractivity contribution in [2.75, 3.05) is 40.3 Å². The van der Waals surface area contributed by atoms with Gasteiger partial charge in [0.15, 0.2) is 0 Å². The van der Waals surface area contributed by atoms with Gasteiger partial charge in [0, 0.05) is 38.3 Å². The zero-order valence-corrected chi connectivity index (χ0v) is 28.9. The van der Waals surface area contributed by atoms with E-state index >= 15 is 0 Å². The van der Waals surface area contributed by atoms with Gasteiger partial charge < -0.3 is 24.9 Å². The van der Waals surface area contributed by atoms with E-state index in [9.17, 15) is 19.2 Å². The van der Waals surface area contributed by atoms with Gasteiger partial charge in [-0.2, -0.15) is 0 Å². The fourth-order valence-electron chi connectivity index (χ4n) is 4.92. The number of nitrogens with one attached hydrogen (secondary N) is 1. The van der Waals surface area contributed by atoms with Crippen LogP contribution in [0.2, 0.25) is 0 Å². The van der Waals surface area contributed by atoms with Gasteiger partial charge in [-0.1, -0.05) is 47.1 Å². The number of hydrogen-bond acceptors (Lipinski definition) is 5. The zero-order valence-electron chi connectivity index (χ0n) is 28.9. The van der Waals surface area contributed by atoms with Crippen molar-refractivity contribution in [2.45, 2.75) is 126 Å². The standard InChI is InChI=1S/C21H36N4O4.C8H17N.C4H10/c1-14(2)18(24(7)19(27)12-22-13-26)11-16(5)20(28)25-10-8-9-17(25)21(29)23(6)15(3)4;1-8(2)9-6-4-3-5-7-9;1-4(2)3/h11,13-15,17-18H,8-10,12H2,1-7H3,(H,22,26);8H,3-7H2,1-2H3;4H,1-3H3/b16-11+;;/t17-,18+;;/m0../s1. The molecule has 4 amide bonds. The van der Waals surface area contributed by atoms with Crippen LogP contribution in [-0.4, -0.2) is 108 Å². The van der Waals surface area contributed by atoms with Crippen LogP contribution in [0.25, 0.3) is 0 Å². The lowest BCUT2D eigenvalue weighted by Crippen LogP contribution is -2.49. The maximum atomic E-state index is 13.1. The molecule has 0 radical (unpaired) electrons. The molecule has 0 unspecified atom stereocenters. The third-order valence-corrected chi connectivity index (χ3v) is 7.66. The molecule has 9 heteroatoms. The first-order valence-electron chi connectivity index (χ1n) is 16.0. The molecule has 0 aromatic rings. The van der Waals surface area contributed by atoms with E-state index in [4.69, 9.17) is 0 Å². The molecular formula is C33H63N5O4.